The van der Waals surface area contributed by atoms with Crippen molar-refractivity contribution in [1.82, 2.24) is 9.88 Å². The molecule has 0 aliphatic rings. The normalized spacial score (nSPS) is 12.9. The van der Waals surface area contributed by atoms with Gasteiger partial charge in [-0.1, -0.05) is 6.92 Å². The van der Waals surface area contributed by atoms with Gasteiger partial charge in [-0.05, 0) is 32.4 Å². The zero-order valence-electron chi connectivity index (χ0n) is 12.3. The maximum absolute atomic E-state index is 12.8. The summed E-state index contributed by atoms with van der Waals surface area (Å²) in [5.41, 5.74) is 0.296. The molecule has 0 saturated heterocycles. The molecule has 1 atom stereocenters. The molecule has 1 N–H and O–H groups in total. The van der Waals surface area contributed by atoms with E-state index in [1.807, 2.05) is 6.92 Å². The average molecular weight is 282 g/mol. The summed E-state index contributed by atoms with van der Waals surface area (Å²) in [6.07, 6.45) is 1.75. The number of ketones is 1. The SMILES string of the molecule is CC(CN(CCCO)C(C)C)C(=O)c1ccc(F)cn1. The highest BCUT2D eigenvalue weighted by molar-refractivity contribution is 5.95. The number of aliphatic hydroxyl groups excluding tert-OH is 1. The van der Waals surface area contributed by atoms with Gasteiger partial charge in [0.05, 0.1) is 6.20 Å². The molecule has 1 rings (SSSR count). The van der Waals surface area contributed by atoms with Crippen LogP contribution >= 0.6 is 0 Å². The van der Waals surface area contributed by atoms with E-state index in [-0.39, 0.29) is 18.3 Å². The quantitative estimate of drug-likeness (QED) is 0.742. The lowest BCUT2D eigenvalue weighted by Gasteiger charge is -2.28. The average Bonchev–Trinajstić information content (AvgIpc) is 2.42. The van der Waals surface area contributed by atoms with E-state index >= 15 is 0 Å². The van der Waals surface area contributed by atoms with Gasteiger partial charge in [-0.3, -0.25) is 9.78 Å². The molecule has 0 aromatic carbocycles. The highest BCUT2D eigenvalue weighted by atomic mass is 19.1. The second-order valence-corrected chi connectivity index (χ2v) is 5.29. The van der Waals surface area contributed by atoms with Crippen molar-refractivity contribution >= 4 is 5.78 Å². The van der Waals surface area contributed by atoms with Gasteiger partial charge in [0, 0.05) is 31.7 Å². The molecule has 1 unspecified atom stereocenters. The van der Waals surface area contributed by atoms with E-state index in [0.29, 0.717) is 24.7 Å². The Morgan fingerprint density at radius 3 is 2.60 bits per heavy atom. The Labute approximate surface area is 119 Å². The predicted octanol–water partition coefficient (Wildman–Crippen LogP) is 2.13. The number of pyridine rings is 1. The minimum absolute atomic E-state index is 0.0837. The molecule has 1 aromatic rings. The van der Waals surface area contributed by atoms with E-state index in [2.05, 4.69) is 23.7 Å². The Morgan fingerprint density at radius 1 is 1.40 bits per heavy atom. The summed E-state index contributed by atoms with van der Waals surface area (Å²) in [5, 5.41) is 8.91. The number of halogens is 1. The molecule has 1 aromatic heterocycles. The van der Waals surface area contributed by atoms with Crippen LogP contribution in [-0.2, 0) is 0 Å². The number of hydrogen-bond acceptors (Lipinski definition) is 4. The molecule has 0 fully saturated rings. The van der Waals surface area contributed by atoms with Crippen LogP contribution in [-0.4, -0.2) is 46.5 Å². The third kappa shape index (κ3) is 4.98. The number of aromatic nitrogens is 1. The summed E-state index contributed by atoms with van der Waals surface area (Å²) in [7, 11) is 0. The van der Waals surface area contributed by atoms with Gasteiger partial charge in [0.2, 0.25) is 0 Å². The lowest BCUT2D eigenvalue weighted by atomic mass is 10.0. The van der Waals surface area contributed by atoms with E-state index in [0.717, 1.165) is 12.7 Å². The molecule has 5 heteroatoms. The molecule has 0 saturated carbocycles. The number of carbonyl (C=O) groups excluding carboxylic acids is 1. The van der Waals surface area contributed by atoms with Crippen molar-refractivity contribution in [3.63, 3.8) is 0 Å². The van der Waals surface area contributed by atoms with E-state index in [1.165, 1.54) is 12.1 Å². The largest absolute Gasteiger partial charge is 0.396 e. The number of nitrogens with zero attached hydrogens (tertiary/aromatic N) is 2. The fourth-order valence-electron chi connectivity index (χ4n) is 2.04. The van der Waals surface area contributed by atoms with Crippen LogP contribution in [0.5, 0.6) is 0 Å². The lowest BCUT2D eigenvalue weighted by molar-refractivity contribution is 0.0867. The molecule has 0 aliphatic heterocycles. The van der Waals surface area contributed by atoms with Crippen LogP contribution in [0.4, 0.5) is 4.39 Å². The second-order valence-electron chi connectivity index (χ2n) is 5.29. The van der Waals surface area contributed by atoms with Gasteiger partial charge >= 0.3 is 0 Å². The molecule has 0 spiro atoms. The minimum Gasteiger partial charge on any atom is -0.396 e. The zero-order chi connectivity index (χ0) is 15.1. The monoisotopic (exact) mass is 282 g/mol. The summed E-state index contributed by atoms with van der Waals surface area (Å²) in [6, 6.07) is 2.97. The molecule has 0 amide bonds. The van der Waals surface area contributed by atoms with Crippen molar-refractivity contribution in [3.8, 4) is 0 Å². The molecule has 0 aliphatic carbocycles. The van der Waals surface area contributed by atoms with Crippen molar-refractivity contribution in [3.05, 3.63) is 29.8 Å². The van der Waals surface area contributed by atoms with Gasteiger partial charge in [-0.2, -0.15) is 0 Å². The van der Waals surface area contributed by atoms with Crippen LogP contribution < -0.4 is 0 Å². The van der Waals surface area contributed by atoms with E-state index in [9.17, 15) is 9.18 Å². The summed E-state index contributed by atoms with van der Waals surface area (Å²) in [4.78, 5) is 18.2. The Balaban J connectivity index is 2.65. The number of Topliss-reactive ketones (excluding diaryl/α,β-unsaturated/α-hetero) is 1. The van der Waals surface area contributed by atoms with Crippen molar-refractivity contribution in [1.29, 1.82) is 0 Å². The first-order valence-corrected chi connectivity index (χ1v) is 6.96. The topological polar surface area (TPSA) is 53.4 Å². The van der Waals surface area contributed by atoms with Crippen LogP contribution in [0, 0.1) is 11.7 Å². The summed E-state index contributed by atoms with van der Waals surface area (Å²) in [6.45, 7) is 7.47. The first kappa shape index (κ1) is 16.7. The smallest absolute Gasteiger partial charge is 0.185 e. The van der Waals surface area contributed by atoms with Gasteiger partial charge in [0.25, 0.3) is 0 Å². The Bertz CT molecular complexity index is 420. The molecule has 1 heterocycles. The minimum atomic E-state index is -0.444. The first-order valence-electron chi connectivity index (χ1n) is 6.96. The molecular weight excluding hydrogens is 259 g/mol. The third-order valence-electron chi connectivity index (χ3n) is 3.27. The third-order valence-corrected chi connectivity index (χ3v) is 3.27. The van der Waals surface area contributed by atoms with Crippen LogP contribution in [0.15, 0.2) is 18.3 Å². The molecule has 4 nitrogen and oxygen atoms in total. The fraction of sp³-hybridized carbons (Fsp3) is 0.600. The zero-order valence-corrected chi connectivity index (χ0v) is 12.3. The first-order chi connectivity index (χ1) is 9.45. The van der Waals surface area contributed by atoms with E-state index < -0.39 is 5.82 Å². The molecule has 0 bridgehead atoms. The fourth-order valence-corrected chi connectivity index (χ4v) is 2.04. The molecule has 0 radical (unpaired) electrons. The van der Waals surface area contributed by atoms with Crippen LogP contribution in [0.3, 0.4) is 0 Å². The molecule has 112 valence electrons. The summed E-state index contributed by atoms with van der Waals surface area (Å²) >= 11 is 0. The van der Waals surface area contributed by atoms with Crippen molar-refractivity contribution in [2.24, 2.45) is 5.92 Å². The molecular formula is C15H23FN2O2. The van der Waals surface area contributed by atoms with Crippen LogP contribution in [0.2, 0.25) is 0 Å². The summed E-state index contributed by atoms with van der Waals surface area (Å²) < 4.78 is 12.8. The van der Waals surface area contributed by atoms with Crippen molar-refractivity contribution in [2.75, 3.05) is 19.7 Å². The van der Waals surface area contributed by atoms with Gasteiger partial charge in [-0.25, -0.2) is 4.39 Å². The van der Waals surface area contributed by atoms with Crippen molar-refractivity contribution < 1.29 is 14.3 Å². The number of carbonyl (C=O) groups is 1. The van der Waals surface area contributed by atoms with Crippen LogP contribution in [0.1, 0.15) is 37.7 Å². The number of aliphatic hydroxyl groups is 1. The van der Waals surface area contributed by atoms with Gasteiger partial charge in [-0.15, -0.1) is 0 Å². The standard InChI is InChI=1S/C15H23FN2O2/c1-11(2)18(7-4-8-19)10-12(3)15(20)14-6-5-13(16)9-17-14/h5-6,9,11-12,19H,4,7-8,10H2,1-3H3. The van der Waals surface area contributed by atoms with Crippen molar-refractivity contribution in [2.45, 2.75) is 33.2 Å². The maximum Gasteiger partial charge on any atom is 0.185 e. The molecule has 20 heavy (non-hydrogen) atoms. The van der Waals surface area contributed by atoms with E-state index in [4.69, 9.17) is 5.11 Å². The highest BCUT2D eigenvalue weighted by Crippen LogP contribution is 2.11. The van der Waals surface area contributed by atoms with Gasteiger partial charge < -0.3 is 10.0 Å². The predicted molar refractivity (Wildman–Crippen MR) is 76.1 cm³/mol. The number of rotatable bonds is 8. The Morgan fingerprint density at radius 2 is 2.10 bits per heavy atom. The number of hydrogen-bond donors (Lipinski definition) is 1. The van der Waals surface area contributed by atoms with E-state index in [1.54, 1.807) is 0 Å². The highest BCUT2D eigenvalue weighted by Gasteiger charge is 2.21. The maximum atomic E-state index is 12.8. The summed E-state index contributed by atoms with van der Waals surface area (Å²) in [5.74, 6) is -0.741. The Hall–Kier alpha value is -1.33. The van der Waals surface area contributed by atoms with Gasteiger partial charge in [0.15, 0.2) is 5.78 Å². The van der Waals surface area contributed by atoms with Crippen LogP contribution in [0.25, 0.3) is 0 Å². The Kier molecular flexibility index (Phi) is 6.75. The lowest BCUT2D eigenvalue weighted by Crippen LogP contribution is -2.38. The second kappa shape index (κ2) is 8.07. The van der Waals surface area contributed by atoms with Gasteiger partial charge in [0.1, 0.15) is 11.5 Å².